The van der Waals surface area contributed by atoms with Gasteiger partial charge in [-0.15, -0.1) is 24.8 Å². The molecule has 3 N–H and O–H groups in total. The number of piperidine rings is 1. The van der Waals surface area contributed by atoms with Gasteiger partial charge in [-0.3, -0.25) is 4.79 Å². The predicted molar refractivity (Wildman–Crippen MR) is 119 cm³/mol. The summed E-state index contributed by atoms with van der Waals surface area (Å²) in [5.41, 5.74) is 1.96. The van der Waals surface area contributed by atoms with Gasteiger partial charge in [-0.1, -0.05) is 12.1 Å². The Kier molecular flexibility index (Phi) is 8.17. The number of carbonyl (C=O) groups excluding carboxylic acids is 1. The Morgan fingerprint density at radius 3 is 2.64 bits per heavy atom. The van der Waals surface area contributed by atoms with Gasteiger partial charge in [0, 0.05) is 19.0 Å². The van der Waals surface area contributed by atoms with Crippen LogP contribution in [-0.4, -0.2) is 35.5 Å². The van der Waals surface area contributed by atoms with Gasteiger partial charge in [0.05, 0.1) is 16.4 Å². The zero-order chi connectivity index (χ0) is 18.0. The second-order valence-electron chi connectivity index (χ2n) is 8.41. The molecule has 1 aliphatic heterocycles. The zero-order valence-electron chi connectivity index (χ0n) is 16.5. The summed E-state index contributed by atoms with van der Waals surface area (Å²) >= 11 is 0. The molecule has 2 heterocycles. The number of amides is 1. The van der Waals surface area contributed by atoms with E-state index in [1.54, 1.807) is 0 Å². The molecule has 0 spiro atoms. The molecule has 4 rings (SSSR count). The minimum absolute atomic E-state index is 0. The molecule has 2 aromatic rings. The molecule has 1 atom stereocenters. The number of para-hydroxylation sites is 2. The lowest BCUT2D eigenvalue weighted by Gasteiger charge is -2.34. The van der Waals surface area contributed by atoms with Crippen LogP contribution in [0, 0.1) is 11.3 Å². The molecule has 1 amide bonds. The molecule has 0 radical (unpaired) electrons. The van der Waals surface area contributed by atoms with E-state index in [1.165, 1.54) is 0 Å². The number of rotatable bonds is 4. The third-order valence-corrected chi connectivity index (χ3v) is 6.34. The predicted octanol–water partition coefficient (Wildman–Crippen LogP) is 4.19. The van der Waals surface area contributed by atoms with Crippen molar-refractivity contribution < 1.29 is 4.79 Å². The molecule has 28 heavy (non-hydrogen) atoms. The van der Waals surface area contributed by atoms with E-state index >= 15 is 0 Å². The van der Waals surface area contributed by atoms with Crippen molar-refractivity contribution in [1.29, 1.82) is 0 Å². The molecule has 156 valence electrons. The summed E-state index contributed by atoms with van der Waals surface area (Å²) in [5, 5.41) is 6.59. The Bertz CT molecular complexity index is 732. The van der Waals surface area contributed by atoms with E-state index in [0.29, 0.717) is 11.8 Å². The molecule has 5 nitrogen and oxygen atoms in total. The van der Waals surface area contributed by atoms with Crippen molar-refractivity contribution in [3.05, 3.63) is 30.1 Å². The quantitative estimate of drug-likeness (QED) is 0.686. The molecule has 2 fully saturated rings. The highest BCUT2D eigenvalue weighted by Crippen LogP contribution is 2.35. The average molecular weight is 427 g/mol. The Morgan fingerprint density at radius 2 is 1.96 bits per heavy atom. The topological polar surface area (TPSA) is 69.8 Å². The molecule has 1 saturated carbocycles. The van der Waals surface area contributed by atoms with Crippen LogP contribution in [0.5, 0.6) is 0 Å². The first-order chi connectivity index (χ1) is 12.6. The third kappa shape index (κ3) is 5.00. The summed E-state index contributed by atoms with van der Waals surface area (Å²) in [7, 11) is 0. The summed E-state index contributed by atoms with van der Waals surface area (Å²) in [6.07, 6.45) is 6.71. The second-order valence-corrected chi connectivity index (χ2v) is 8.41. The van der Waals surface area contributed by atoms with Crippen LogP contribution in [0.2, 0.25) is 0 Å². The van der Waals surface area contributed by atoms with Crippen molar-refractivity contribution >= 4 is 41.8 Å². The molecule has 0 bridgehead atoms. The molecule has 1 saturated heterocycles. The van der Waals surface area contributed by atoms with E-state index in [4.69, 9.17) is 4.98 Å². The molecular weight excluding hydrogens is 395 g/mol. The van der Waals surface area contributed by atoms with Crippen molar-refractivity contribution in [3.8, 4) is 0 Å². The van der Waals surface area contributed by atoms with E-state index < -0.39 is 0 Å². The number of halogens is 2. The number of aromatic nitrogens is 2. The van der Waals surface area contributed by atoms with Gasteiger partial charge in [0.1, 0.15) is 5.82 Å². The van der Waals surface area contributed by atoms with Crippen molar-refractivity contribution in [2.24, 2.45) is 11.3 Å². The van der Waals surface area contributed by atoms with Gasteiger partial charge in [0.2, 0.25) is 5.91 Å². The van der Waals surface area contributed by atoms with Gasteiger partial charge in [0.25, 0.3) is 0 Å². The maximum atomic E-state index is 12.6. The van der Waals surface area contributed by atoms with Crippen molar-refractivity contribution in [1.82, 2.24) is 20.6 Å². The monoisotopic (exact) mass is 426 g/mol. The fourth-order valence-electron chi connectivity index (χ4n) is 4.51. The van der Waals surface area contributed by atoms with Crippen molar-refractivity contribution in [2.45, 2.75) is 51.4 Å². The summed E-state index contributed by atoms with van der Waals surface area (Å²) in [6, 6.07) is 8.24. The minimum atomic E-state index is -0.232. The lowest BCUT2D eigenvalue weighted by atomic mass is 9.80. The Hall–Kier alpha value is -1.30. The summed E-state index contributed by atoms with van der Waals surface area (Å²) < 4.78 is 0. The molecule has 1 unspecified atom stereocenters. The SMILES string of the molecule is CC1(C(=O)NCC2CCC(c3nc4ccccc4[nH]3)CC2)CCCNC1.Cl.Cl. The summed E-state index contributed by atoms with van der Waals surface area (Å²) in [5.74, 6) is 2.48. The first-order valence-corrected chi connectivity index (χ1v) is 10.1. The lowest BCUT2D eigenvalue weighted by Crippen LogP contribution is -2.49. The first-order valence-electron chi connectivity index (χ1n) is 10.1. The van der Waals surface area contributed by atoms with Crippen LogP contribution in [0.25, 0.3) is 11.0 Å². The highest BCUT2D eigenvalue weighted by atomic mass is 35.5. The number of carbonyl (C=O) groups is 1. The fraction of sp³-hybridized carbons (Fsp3) is 0.619. The van der Waals surface area contributed by atoms with Crippen LogP contribution in [0.1, 0.15) is 57.2 Å². The largest absolute Gasteiger partial charge is 0.355 e. The van der Waals surface area contributed by atoms with E-state index in [9.17, 15) is 4.79 Å². The molecule has 1 aliphatic carbocycles. The number of H-pyrrole nitrogens is 1. The molecule has 2 aliphatic rings. The normalized spacial score (nSPS) is 27.5. The van der Waals surface area contributed by atoms with Crippen LogP contribution in [0.4, 0.5) is 0 Å². The summed E-state index contributed by atoms with van der Waals surface area (Å²) in [4.78, 5) is 20.8. The smallest absolute Gasteiger partial charge is 0.227 e. The average Bonchev–Trinajstić information content (AvgIpc) is 3.11. The van der Waals surface area contributed by atoms with E-state index in [-0.39, 0.29) is 36.1 Å². The molecular formula is C21H32Cl2N4O. The number of imidazole rings is 1. The van der Waals surface area contributed by atoms with Crippen LogP contribution >= 0.6 is 24.8 Å². The maximum Gasteiger partial charge on any atom is 0.227 e. The second kappa shape index (κ2) is 9.95. The number of aromatic amines is 1. The van der Waals surface area contributed by atoms with E-state index in [2.05, 4.69) is 34.7 Å². The van der Waals surface area contributed by atoms with Crippen LogP contribution in [-0.2, 0) is 4.79 Å². The fourth-order valence-corrected chi connectivity index (χ4v) is 4.51. The maximum absolute atomic E-state index is 12.6. The Morgan fingerprint density at radius 1 is 1.21 bits per heavy atom. The molecule has 7 heteroatoms. The van der Waals surface area contributed by atoms with Gasteiger partial charge < -0.3 is 15.6 Å². The standard InChI is InChI=1S/C21H30N4O.2ClH/c1-21(11-4-12-22-14-21)20(26)23-13-15-7-9-16(10-8-15)19-24-17-5-2-3-6-18(17)25-19;;/h2-3,5-6,15-16,22H,4,7-14H2,1H3,(H,23,26)(H,24,25);2*1H. The Labute approximate surface area is 179 Å². The minimum Gasteiger partial charge on any atom is -0.355 e. The number of nitrogens with zero attached hydrogens (tertiary/aromatic N) is 1. The van der Waals surface area contributed by atoms with Crippen LogP contribution < -0.4 is 10.6 Å². The lowest BCUT2D eigenvalue weighted by molar-refractivity contribution is -0.131. The number of fused-ring (bicyclic) bond motifs is 1. The zero-order valence-corrected chi connectivity index (χ0v) is 18.1. The van der Waals surface area contributed by atoms with Crippen LogP contribution in [0.15, 0.2) is 24.3 Å². The van der Waals surface area contributed by atoms with Gasteiger partial charge in [-0.05, 0) is 70.0 Å². The van der Waals surface area contributed by atoms with Gasteiger partial charge >= 0.3 is 0 Å². The van der Waals surface area contributed by atoms with Gasteiger partial charge in [-0.2, -0.15) is 0 Å². The molecule has 1 aromatic carbocycles. The molecule has 1 aromatic heterocycles. The first kappa shape index (κ1) is 23.0. The van der Waals surface area contributed by atoms with E-state index in [1.807, 2.05) is 12.1 Å². The number of hydrogen-bond donors (Lipinski definition) is 3. The number of benzene rings is 1. The number of nitrogens with one attached hydrogen (secondary N) is 3. The summed E-state index contributed by atoms with van der Waals surface area (Å²) in [6.45, 7) is 4.75. The highest BCUT2D eigenvalue weighted by molar-refractivity contribution is 5.85. The van der Waals surface area contributed by atoms with Gasteiger partial charge in [-0.25, -0.2) is 4.98 Å². The Balaban J connectivity index is 0.00000140. The van der Waals surface area contributed by atoms with Crippen molar-refractivity contribution in [3.63, 3.8) is 0 Å². The van der Waals surface area contributed by atoms with E-state index in [0.717, 1.165) is 75.0 Å². The van der Waals surface area contributed by atoms with Gasteiger partial charge in [0.15, 0.2) is 0 Å². The number of hydrogen-bond acceptors (Lipinski definition) is 3. The third-order valence-electron chi connectivity index (χ3n) is 6.34. The van der Waals surface area contributed by atoms with Crippen LogP contribution in [0.3, 0.4) is 0 Å². The van der Waals surface area contributed by atoms with Crippen molar-refractivity contribution in [2.75, 3.05) is 19.6 Å². The highest BCUT2D eigenvalue weighted by Gasteiger charge is 2.35.